The van der Waals surface area contributed by atoms with Crippen molar-refractivity contribution in [2.45, 2.75) is 41.0 Å². The molecule has 0 aliphatic heterocycles. The van der Waals surface area contributed by atoms with Gasteiger partial charge in [-0.05, 0) is 0 Å². The molecule has 0 heterocycles. The van der Waals surface area contributed by atoms with Crippen LogP contribution in [-0.4, -0.2) is 19.8 Å². The van der Waals surface area contributed by atoms with Gasteiger partial charge in [-0.1, -0.05) is 27.7 Å². The van der Waals surface area contributed by atoms with Crippen molar-refractivity contribution in [2.75, 3.05) is 19.8 Å². The Kier molecular flexibility index (Phi) is 38.4. The van der Waals surface area contributed by atoms with E-state index in [1.54, 1.807) is 20.8 Å². The van der Waals surface area contributed by atoms with Gasteiger partial charge in [-0.2, -0.15) is 6.08 Å². The van der Waals surface area contributed by atoms with Crippen molar-refractivity contribution < 1.29 is 41.2 Å². The zero-order valence-electron chi connectivity index (χ0n) is 11.6. The largest absolute Gasteiger partial charge is 4.00 e. The summed E-state index contributed by atoms with van der Waals surface area (Å²) in [4.78, 5) is 0. The Hall–Kier alpha value is 0.230. The fourth-order valence-corrected chi connectivity index (χ4v) is 0.650. The smallest absolute Gasteiger partial charge is 0.855 e. The van der Waals surface area contributed by atoms with E-state index in [4.69, 9.17) is 15.3 Å². The summed E-state index contributed by atoms with van der Waals surface area (Å²) in [5.41, 5.74) is 2.71. The first-order chi connectivity index (χ1) is 7.55. The van der Waals surface area contributed by atoms with Crippen molar-refractivity contribution in [1.29, 1.82) is 0 Å². The van der Waals surface area contributed by atoms with Gasteiger partial charge in [0.25, 0.3) is 0 Å². The topological polar surface area (TPSA) is 69.2 Å². The SMILES string of the molecule is CC1=[C-]CC=C1C.CC[O-].CC[O-].CC[O-].[Hf+4]. The molecule has 0 fully saturated rings. The van der Waals surface area contributed by atoms with Crippen LogP contribution in [0.5, 0.6) is 0 Å². The first kappa shape index (κ1) is 25.9. The Morgan fingerprint density at radius 1 is 1.00 bits per heavy atom. The summed E-state index contributed by atoms with van der Waals surface area (Å²) in [7, 11) is 0. The van der Waals surface area contributed by atoms with Gasteiger partial charge in [0.1, 0.15) is 0 Å². The molecule has 0 bridgehead atoms. The molecular formula is C13H24HfO3. The van der Waals surface area contributed by atoms with Gasteiger partial charge in [0, 0.05) is 0 Å². The first-order valence-electron chi connectivity index (χ1n) is 5.54. The average Bonchev–Trinajstić information content (AvgIpc) is 2.55. The molecule has 0 saturated heterocycles. The van der Waals surface area contributed by atoms with Crippen LogP contribution in [0.25, 0.3) is 0 Å². The van der Waals surface area contributed by atoms with E-state index in [1.807, 2.05) is 0 Å². The molecule has 0 N–H and O–H groups in total. The Morgan fingerprint density at radius 3 is 1.35 bits per heavy atom. The third-order valence-corrected chi connectivity index (χ3v) is 1.37. The molecule has 0 unspecified atom stereocenters. The Labute approximate surface area is 125 Å². The van der Waals surface area contributed by atoms with Crippen molar-refractivity contribution in [3.05, 3.63) is 23.3 Å². The third-order valence-electron chi connectivity index (χ3n) is 1.37. The second-order valence-electron chi connectivity index (χ2n) is 2.76. The molecule has 0 spiro atoms. The fourth-order valence-electron chi connectivity index (χ4n) is 0.650. The maximum absolute atomic E-state index is 8.93. The Bertz CT molecular complexity index is 157. The van der Waals surface area contributed by atoms with Gasteiger partial charge in [0.05, 0.1) is 0 Å². The number of hydrogen-bond donors (Lipinski definition) is 0. The van der Waals surface area contributed by atoms with Crippen LogP contribution in [0.3, 0.4) is 0 Å². The summed E-state index contributed by atoms with van der Waals surface area (Å²) < 4.78 is 0. The van der Waals surface area contributed by atoms with Crippen LogP contribution in [0.4, 0.5) is 0 Å². The Balaban J connectivity index is -0.0000000734. The molecule has 1 aliphatic carbocycles. The van der Waals surface area contributed by atoms with E-state index < -0.39 is 0 Å². The molecule has 4 heteroatoms. The van der Waals surface area contributed by atoms with Gasteiger partial charge in [-0.3, -0.25) is 6.08 Å². The van der Waals surface area contributed by atoms with Crippen LogP contribution < -0.4 is 15.3 Å². The zero-order valence-corrected chi connectivity index (χ0v) is 15.2. The minimum Gasteiger partial charge on any atom is -0.855 e. The zero-order chi connectivity index (χ0) is 13.4. The monoisotopic (exact) mass is 408 g/mol. The van der Waals surface area contributed by atoms with Crippen LogP contribution in [0.1, 0.15) is 41.0 Å². The first-order valence-corrected chi connectivity index (χ1v) is 5.54. The standard InChI is InChI=1S/C7H9.3C2H5O.Hf/c1-6-4-3-5-7(6)2;3*1-2-3;/h4H,3H2,1-2H3;3*2H2,1H3;/q4*-1;+4. The quantitative estimate of drug-likeness (QED) is 0.426. The maximum Gasteiger partial charge on any atom is 4.00 e. The van der Waals surface area contributed by atoms with Gasteiger partial charge < -0.3 is 15.3 Å². The molecule has 0 aromatic carbocycles. The summed E-state index contributed by atoms with van der Waals surface area (Å²) in [5, 5.41) is 26.8. The van der Waals surface area contributed by atoms with Crippen LogP contribution >= 0.6 is 0 Å². The molecular weight excluding hydrogens is 383 g/mol. The summed E-state index contributed by atoms with van der Waals surface area (Å²) in [5.74, 6) is 0. The Morgan fingerprint density at radius 2 is 1.29 bits per heavy atom. The number of rotatable bonds is 0. The van der Waals surface area contributed by atoms with Gasteiger partial charge in [0.2, 0.25) is 0 Å². The molecule has 0 atom stereocenters. The van der Waals surface area contributed by atoms with Crippen LogP contribution in [0, 0.1) is 6.08 Å². The number of hydrogen-bond acceptors (Lipinski definition) is 3. The summed E-state index contributed by atoms with van der Waals surface area (Å²) in [6, 6.07) is 0. The van der Waals surface area contributed by atoms with Crippen LogP contribution in [0.15, 0.2) is 17.2 Å². The molecule has 0 amide bonds. The maximum atomic E-state index is 8.93. The fraction of sp³-hybridized carbons (Fsp3) is 0.692. The van der Waals surface area contributed by atoms with E-state index in [-0.39, 0.29) is 45.7 Å². The van der Waals surface area contributed by atoms with Crippen molar-refractivity contribution in [3.8, 4) is 0 Å². The van der Waals surface area contributed by atoms with Crippen LogP contribution in [0.2, 0.25) is 0 Å². The second kappa shape index (κ2) is 25.2. The summed E-state index contributed by atoms with van der Waals surface area (Å²) in [6.45, 7) is 8.92. The van der Waals surface area contributed by atoms with Crippen molar-refractivity contribution in [3.63, 3.8) is 0 Å². The summed E-state index contributed by atoms with van der Waals surface area (Å²) >= 11 is 0. The van der Waals surface area contributed by atoms with E-state index >= 15 is 0 Å². The molecule has 0 saturated carbocycles. The number of allylic oxidation sites excluding steroid dienone is 4. The van der Waals surface area contributed by atoms with Gasteiger partial charge in [0.15, 0.2) is 0 Å². The predicted octanol–water partition coefficient (Wildman–Crippen LogP) is 0.183. The molecule has 0 aromatic rings. The van der Waals surface area contributed by atoms with E-state index in [9.17, 15) is 0 Å². The van der Waals surface area contributed by atoms with E-state index in [2.05, 4.69) is 26.0 Å². The van der Waals surface area contributed by atoms with E-state index in [0.717, 1.165) is 6.42 Å². The van der Waals surface area contributed by atoms with Crippen molar-refractivity contribution in [2.24, 2.45) is 0 Å². The van der Waals surface area contributed by atoms with Crippen molar-refractivity contribution >= 4 is 0 Å². The average molecular weight is 407 g/mol. The van der Waals surface area contributed by atoms with E-state index in [0.29, 0.717) is 0 Å². The third kappa shape index (κ3) is 31.4. The predicted molar refractivity (Wildman–Crippen MR) is 62.4 cm³/mol. The molecule has 98 valence electrons. The van der Waals surface area contributed by atoms with Crippen molar-refractivity contribution in [1.82, 2.24) is 0 Å². The second-order valence-corrected chi connectivity index (χ2v) is 2.76. The van der Waals surface area contributed by atoms with Gasteiger partial charge in [-0.15, -0.1) is 33.2 Å². The minimum atomic E-state index is 0. The van der Waals surface area contributed by atoms with Crippen LogP contribution in [-0.2, 0) is 25.8 Å². The molecule has 0 radical (unpaired) electrons. The van der Waals surface area contributed by atoms with Gasteiger partial charge >= 0.3 is 25.8 Å². The molecule has 3 nitrogen and oxygen atoms in total. The molecule has 1 rings (SSSR count). The normalized spacial score (nSPS) is 11.1. The summed E-state index contributed by atoms with van der Waals surface area (Å²) in [6.07, 6.45) is 6.41. The molecule has 1 aliphatic rings. The van der Waals surface area contributed by atoms with Gasteiger partial charge in [-0.25, -0.2) is 11.1 Å². The molecule has 0 aromatic heterocycles. The van der Waals surface area contributed by atoms with E-state index in [1.165, 1.54) is 11.1 Å². The minimum absolute atomic E-state index is 0. The molecule has 17 heavy (non-hydrogen) atoms.